The van der Waals surface area contributed by atoms with Crippen LogP contribution in [0.15, 0.2) is 23.9 Å². The van der Waals surface area contributed by atoms with Crippen molar-refractivity contribution in [3.8, 4) is 0 Å². The van der Waals surface area contributed by atoms with Gasteiger partial charge in [-0.15, -0.1) is 0 Å². The molecule has 0 amide bonds. The molecule has 5 nitrogen and oxygen atoms in total. The van der Waals surface area contributed by atoms with Crippen LogP contribution < -0.4 is 0 Å². The molecule has 0 bridgehead atoms. The van der Waals surface area contributed by atoms with Gasteiger partial charge in [0.1, 0.15) is 0 Å². The second-order valence-corrected chi connectivity index (χ2v) is 3.74. The average molecular weight is 224 g/mol. The van der Waals surface area contributed by atoms with Crippen molar-refractivity contribution in [2.45, 2.75) is 6.92 Å². The van der Waals surface area contributed by atoms with E-state index in [2.05, 4.69) is 11.9 Å². The molecule has 0 unspecified atom stereocenters. The van der Waals surface area contributed by atoms with Gasteiger partial charge in [-0.25, -0.2) is 0 Å². The lowest BCUT2D eigenvalue weighted by Gasteiger charge is -2.38. The average Bonchev–Trinajstić information content (AvgIpc) is 2.26. The smallest absolute Gasteiger partial charge is 0.222 e. The molecule has 16 heavy (non-hydrogen) atoms. The molecular formula is C11H18N3O2-. The van der Waals surface area contributed by atoms with Crippen LogP contribution in [-0.2, 0) is 0 Å². The monoisotopic (exact) mass is 224 g/mol. The lowest BCUT2D eigenvalue weighted by Crippen LogP contribution is -2.42. The summed E-state index contributed by atoms with van der Waals surface area (Å²) in [4.78, 5) is 14.1. The number of rotatable bonds is 4. The second-order valence-electron chi connectivity index (χ2n) is 3.74. The molecule has 1 heterocycles. The van der Waals surface area contributed by atoms with Crippen LogP contribution >= 0.6 is 0 Å². The van der Waals surface area contributed by atoms with Gasteiger partial charge < -0.3 is 9.80 Å². The first-order valence-electron chi connectivity index (χ1n) is 5.38. The SMILES string of the molecule is [CH2-]N1CCN(C(/C=C\C[N+](=O)[O-])=C/C)CC1. The normalized spacial score (nSPS) is 19.4. The maximum Gasteiger partial charge on any atom is 0.222 e. The van der Waals surface area contributed by atoms with E-state index in [0.717, 1.165) is 31.9 Å². The second kappa shape index (κ2) is 6.27. The van der Waals surface area contributed by atoms with E-state index >= 15 is 0 Å². The standard InChI is InChI=1S/C11H18N3O2/c1-3-11(5-4-6-14(15)16)13-9-7-12(2)8-10-13/h3-5H,2,6-10H2,1H3/q-1/b5-4-,11-3+. The highest BCUT2D eigenvalue weighted by atomic mass is 16.6. The fraction of sp³-hybridized carbons (Fsp3) is 0.545. The molecule has 0 aliphatic carbocycles. The highest BCUT2D eigenvalue weighted by Gasteiger charge is 2.11. The van der Waals surface area contributed by atoms with E-state index < -0.39 is 0 Å². The molecule has 1 saturated heterocycles. The van der Waals surface area contributed by atoms with E-state index in [1.807, 2.05) is 24.0 Å². The third-order valence-electron chi connectivity index (χ3n) is 2.58. The first-order chi connectivity index (χ1) is 7.63. The Kier molecular flexibility index (Phi) is 4.98. The van der Waals surface area contributed by atoms with E-state index in [1.54, 1.807) is 6.08 Å². The third kappa shape index (κ3) is 4.02. The van der Waals surface area contributed by atoms with Gasteiger partial charge in [-0.3, -0.25) is 17.2 Å². The summed E-state index contributed by atoms with van der Waals surface area (Å²) in [5.74, 6) is 0. The van der Waals surface area contributed by atoms with Crippen molar-refractivity contribution in [1.29, 1.82) is 0 Å². The minimum Gasteiger partial charge on any atom is -0.456 e. The summed E-state index contributed by atoms with van der Waals surface area (Å²) >= 11 is 0. The largest absolute Gasteiger partial charge is 0.456 e. The molecule has 5 heteroatoms. The first kappa shape index (κ1) is 12.7. The lowest BCUT2D eigenvalue weighted by atomic mass is 10.2. The number of nitrogens with zero attached hydrogens (tertiary/aromatic N) is 3. The summed E-state index contributed by atoms with van der Waals surface area (Å²) in [5.41, 5.74) is 1.05. The van der Waals surface area contributed by atoms with Crippen LogP contribution in [-0.4, -0.2) is 47.4 Å². The highest BCUT2D eigenvalue weighted by molar-refractivity contribution is 5.17. The first-order valence-corrected chi connectivity index (χ1v) is 5.38. The molecule has 0 aromatic carbocycles. The van der Waals surface area contributed by atoms with Crippen molar-refractivity contribution in [2.24, 2.45) is 0 Å². The third-order valence-corrected chi connectivity index (χ3v) is 2.58. The zero-order valence-electron chi connectivity index (χ0n) is 9.63. The topological polar surface area (TPSA) is 49.6 Å². The zero-order valence-corrected chi connectivity index (χ0v) is 9.63. The molecular weight excluding hydrogens is 206 g/mol. The van der Waals surface area contributed by atoms with Crippen molar-refractivity contribution < 1.29 is 4.92 Å². The Hall–Kier alpha value is -1.36. The lowest BCUT2D eigenvalue weighted by molar-refractivity contribution is -0.468. The predicted molar refractivity (Wildman–Crippen MR) is 63.3 cm³/mol. The fourth-order valence-electron chi connectivity index (χ4n) is 1.65. The van der Waals surface area contributed by atoms with E-state index in [1.165, 1.54) is 0 Å². The molecule has 1 aliphatic rings. The number of hydrogen-bond acceptors (Lipinski definition) is 4. The van der Waals surface area contributed by atoms with E-state index in [9.17, 15) is 10.1 Å². The Morgan fingerprint density at radius 1 is 1.44 bits per heavy atom. The maximum atomic E-state index is 10.2. The summed E-state index contributed by atoms with van der Waals surface area (Å²) < 4.78 is 0. The van der Waals surface area contributed by atoms with Crippen LogP contribution in [0.4, 0.5) is 0 Å². The Morgan fingerprint density at radius 2 is 2.06 bits per heavy atom. The van der Waals surface area contributed by atoms with Gasteiger partial charge >= 0.3 is 0 Å². The number of allylic oxidation sites excluding steroid dienone is 2. The van der Waals surface area contributed by atoms with Gasteiger partial charge in [-0.1, -0.05) is 6.08 Å². The molecule has 0 N–H and O–H groups in total. The molecule has 0 spiro atoms. The summed E-state index contributed by atoms with van der Waals surface area (Å²) in [5, 5.41) is 10.2. The Labute approximate surface area is 96.2 Å². The van der Waals surface area contributed by atoms with E-state index in [4.69, 9.17) is 0 Å². The quantitative estimate of drug-likeness (QED) is 0.311. The summed E-state index contributed by atoms with van der Waals surface area (Å²) in [6, 6.07) is 0. The van der Waals surface area contributed by atoms with Crippen molar-refractivity contribution in [1.82, 2.24) is 9.80 Å². The van der Waals surface area contributed by atoms with Gasteiger partial charge in [0.25, 0.3) is 0 Å². The molecule has 0 atom stereocenters. The Morgan fingerprint density at radius 3 is 2.56 bits per heavy atom. The molecule has 0 saturated carbocycles. The number of nitro groups is 1. The number of hydrogen-bond donors (Lipinski definition) is 0. The van der Waals surface area contributed by atoms with Crippen molar-refractivity contribution >= 4 is 0 Å². The molecule has 0 aromatic heterocycles. The van der Waals surface area contributed by atoms with Crippen LogP contribution in [0.1, 0.15) is 6.92 Å². The molecule has 0 radical (unpaired) electrons. The molecule has 1 rings (SSSR count). The minimum absolute atomic E-state index is 0.118. The van der Waals surface area contributed by atoms with Crippen molar-refractivity contribution in [3.63, 3.8) is 0 Å². The summed E-state index contributed by atoms with van der Waals surface area (Å²) in [6.07, 6.45) is 5.39. The van der Waals surface area contributed by atoms with Crippen LogP contribution in [0.5, 0.6) is 0 Å². The minimum atomic E-state index is -0.336. The van der Waals surface area contributed by atoms with Crippen molar-refractivity contribution in [3.05, 3.63) is 41.1 Å². The van der Waals surface area contributed by atoms with E-state index in [-0.39, 0.29) is 11.5 Å². The Balaban J connectivity index is 2.48. The highest BCUT2D eigenvalue weighted by Crippen LogP contribution is 2.10. The molecule has 0 aromatic rings. The number of piperazine rings is 1. The van der Waals surface area contributed by atoms with Gasteiger partial charge in [0, 0.05) is 23.7 Å². The van der Waals surface area contributed by atoms with Gasteiger partial charge in [0.15, 0.2) is 0 Å². The van der Waals surface area contributed by atoms with Gasteiger partial charge in [0.2, 0.25) is 6.54 Å². The molecule has 1 fully saturated rings. The van der Waals surface area contributed by atoms with Crippen LogP contribution in [0.2, 0.25) is 0 Å². The molecule has 90 valence electrons. The Bertz CT molecular complexity index is 292. The fourth-order valence-corrected chi connectivity index (χ4v) is 1.65. The van der Waals surface area contributed by atoms with Crippen LogP contribution in [0.3, 0.4) is 0 Å². The predicted octanol–water partition coefficient (Wildman–Crippen LogP) is 1.13. The van der Waals surface area contributed by atoms with Crippen molar-refractivity contribution in [2.75, 3.05) is 32.7 Å². The van der Waals surface area contributed by atoms with Gasteiger partial charge in [0.05, 0.1) is 0 Å². The van der Waals surface area contributed by atoms with Gasteiger partial charge in [-0.05, 0) is 32.2 Å². The maximum absolute atomic E-state index is 10.2. The van der Waals surface area contributed by atoms with E-state index in [0.29, 0.717) is 0 Å². The van der Waals surface area contributed by atoms with Gasteiger partial charge in [-0.2, -0.15) is 0 Å². The molecule has 1 aliphatic heterocycles. The zero-order chi connectivity index (χ0) is 12.0. The van der Waals surface area contributed by atoms with Crippen LogP contribution in [0, 0.1) is 17.2 Å². The summed E-state index contributed by atoms with van der Waals surface area (Å²) in [7, 11) is 3.88. The summed E-state index contributed by atoms with van der Waals surface area (Å²) in [6.45, 7) is 5.54. The van der Waals surface area contributed by atoms with Crippen LogP contribution in [0.25, 0.3) is 0 Å².